The average molecular weight is 229 g/mol. The zero-order valence-electron chi connectivity index (χ0n) is 9.08. The van der Waals surface area contributed by atoms with Gasteiger partial charge >= 0.3 is 5.97 Å². The zero-order valence-corrected chi connectivity index (χ0v) is 9.08. The van der Waals surface area contributed by atoms with E-state index < -0.39 is 23.6 Å². The van der Waals surface area contributed by atoms with Crippen LogP contribution in [-0.4, -0.2) is 36.1 Å². The van der Waals surface area contributed by atoms with Crippen LogP contribution in [-0.2, 0) is 11.2 Å². The molecule has 0 saturated carbocycles. The van der Waals surface area contributed by atoms with Crippen molar-refractivity contribution in [2.75, 3.05) is 14.1 Å². The second-order valence-corrected chi connectivity index (χ2v) is 3.76. The molecule has 16 heavy (non-hydrogen) atoms. The number of benzene rings is 1. The third-order valence-corrected chi connectivity index (χ3v) is 2.34. The minimum atomic E-state index is -1.03. The molecule has 3 nitrogen and oxygen atoms in total. The molecule has 5 heteroatoms. The highest BCUT2D eigenvalue weighted by atomic mass is 19.1. The Balaban J connectivity index is 2.90. The first kappa shape index (κ1) is 12.6. The summed E-state index contributed by atoms with van der Waals surface area (Å²) in [7, 11) is 3.19. The van der Waals surface area contributed by atoms with Crippen molar-refractivity contribution in [1.82, 2.24) is 4.90 Å². The van der Waals surface area contributed by atoms with E-state index in [0.717, 1.165) is 12.1 Å². The van der Waals surface area contributed by atoms with Crippen LogP contribution in [0.1, 0.15) is 5.56 Å². The molecule has 0 saturated heterocycles. The number of rotatable bonds is 4. The van der Waals surface area contributed by atoms with Crippen molar-refractivity contribution >= 4 is 5.97 Å². The standard InChI is InChI=1S/C11H13F2NO2/c1-14(2)10(11(15)16)5-7-3-4-8(12)6-9(7)13/h3-4,6,10H,5H2,1-2H3,(H,15,16). The van der Waals surface area contributed by atoms with Gasteiger partial charge in [-0.3, -0.25) is 9.69 Å². The molecule has 88 valence electrons. The topological polar surface area (TPSA) is 40.5 Å². The Kier molecular flexibility index (Phi) is 3.95. The van der Waals surface area contributed by atoms with E-state index >= 15 is 0 Å². The predicted molar refractivity (Wildman–Crippen MR) is 55.2 cm³/mol. The quantitative estimate of drug-likeness (QED) is 0.851. The molecule has 0 heterocycles. The molecule has 0 amide bonds. The van der Waals surface area contributed by atoms with E-state index in [4.69, 9.17) is 5.11 Å². The molecular weight excluding hydrogens is 216 g/mol. The minimum Gasteiger partial charge on any atom is -0.480 e. The maximum absolute atomic E-state index is 13.3. The van der Waals surface area contributed by atoms with E-state index in [2.05, 4.69) is 0 Å². The molecular formula is C11H13F2NO2. The van der Waals surface area contributed by atoms with E-state index in [1.807, 2.05) is 0 Å². The van der Waals surface area contributed by atoms with Crippen molar-refractivity contribution in [3.8, 4) is 0 Å². The van der Waals surface area contributed by atoms with E-state index in [1.165, 1.54) is 11.0 Å². The Morgan fingerprint density at radius 1 is 1.44 bits per heavy atom. The number of carboxylic acids is 1. The monoisotopic (exact) mass is 229 g/mol. The average Bonchev–Trinajstić information content (AvgIpc) is 2.15. The highest BCUT2D eigenvalue weighted by Gasteiger charge is 2.21. The van der Waals surface area contributed by atoms with Crippen molar-refractivity contribution in [1.29, 1.82) is 0 Å². The van der Waals surface area contributed by atoms with E-state index in [9.17, 15) is 13.6 Å². The summed E-state index contributed by atoms with van der Waals surface area (Å²) in [5.41, 5.74) is 0.197. The molecule has 0 radical (unpaired) electrons. The van der Waals surface area contributed by atoms with Crippen LogP contribution in [0.15, 0.2) is 18.2 Å². The number of carbonyl (C=O) groups is 1. The van der Waals surface area contributed by atoms with Crippen LogP contribution < -0.4 is 0 Å². The van der Waals surface area contributed by atoms with Gasteiger partial charge in [-0.1, -0.05) is 6.07 Å². The van der Waals surface area contributed by atoms with Crippen LogP contribution in [0, 0.1) is 11.6 Å². The summed E-state index contributed by atoms with van der Waals surface area (Å²) in [4.78, 5) is 12.4. The fourth-order valence-corrected chi connectivity index (χ4v) is 1.39. The predicted octanol–water partition coefficient (Wildman–Crippen LogP) is 1.52. The second-order valence-electron chi connectivity index (χ2n) is 3.76. The van der Waals surface area contributed by atoms with Crippen LogP contribution >= 0.6 is 0 Å². The third kappa shape index (κ3) is 3.00. The maximum atomic E-state index is 13.3. The van der Waals surface area contributed by atoms with Crippen molar-refractivity contribution < 1.29 is 18.7 Å². The number of halogens is 2. The van der Waals surface area contributed by atoms with Gasteiger partial charge < -0.3 is 5.11 Å². The Bertz CT molecular complexity index is 394. The van der Waals surface area contributed by atoms with Gasteiger partial charge in [0.15, 0.2) is 0 Å². The number of hydrogen-bond acceptors (Lipinski definition) is 2. The summed E-state index contributed by atoms with van der Waals surface area (Å²) in [5.74, 6) is -2.42. The summed E-state index contributed by atoms with van der Waals surface area (Å²) in [6, 6.07) is 2.32. The molecule has 1 aromatic carbocycles. The smallest absolute Gasteiger partial charge is 0.321 e. The summed E-state index contributed by atoms with van der Waals surface area (Å²) >= 11 is 0. The third-order valence-electron chi connectivity index (χ3n) is 2.34. The minimum absolute atomic E-state index is 0.00838. The largest absolute Gasteiger partial charge is 0.480 e. The SMILES string of the molecule is CN(C)C(Cc1ccc(F)cc1F)C(=O)O. The summed E-state index contributed by atoms with van der Waals surface area (Å²) in [6.45, 7) is 0. The van der Waals surface area contributed by atoms with Crippen LogP contribution in [0.2, 0.25) is 0 Å². The molecule has 1 atom stereocenters. The van der Waals surface area contributed by atoms with Crippen molar-refractivity contribution in [3.05, 3.63) is 35.4 Å². The van der Waals surface area contributed by atoms with Gasteiger partial charge in [-0.2, -0.15) is 0 Å². The Labute approximate surface area is 92.3 Å². The van der Waals surface area contributed by atoms with Crippen molar-refractivity contribution in [3.63, 3.8) is 0 Å². The number of nitrogens with zero attached hydrogens (tertiary/aromatic N) is 1. The fourth-order valence-electron chi connectivity index (χ4n) is 1.39. The van der Waals surface area contributed by atoms with Crippen molar-refractivity contribution in [2.45, 2.75) is 12.5 Å². The molecule has 0 fully saturated rings. The maximum Gasteiger partial charge on any atom is 0.321 e. The van der Waals surface area contributed by atoms with Crippen LogP contribution in [0.3, 0.4) is 0 Å². The summed E-state index contributed by atoms with van der Waals surface area (Å²) in [5, 5.41) is 8.91. The highest BCUT2D eigenvalue weighted by Crippen LogP contribution is 2.13. The van der Waals surface area contributed by atoms with E-state index in [1.54, 1.807) is 14.1 Å². The molecule has 0 aliphatic rings. The molecule has 0 aromatic heterocycles. The van der Waals surface area contributed by atoms with Crippen LogP contribution in [0.25, 0.3) is 0 Å². The molecule has 0 aliphatic carbocycles. The Hall–Kier alpha value is -1.49. The first-order valence-electron chi connectivity index (χ1n) is 4.75. The van der Waals surface area contributed by atoms with Gasteiger partial charge in [0, 0.05) is 12.5 Å². The molecule has 1 N–H and O–H groups in total. The molecule has 0 aliphatic heterocycles. The molecule has 1 aromatic rings. The molecule has 1 rings (SSSR count). The molecule has 1 unspecified atom stereocenters. The molecule has 0 bridgehead atoms. The normalized spacial score (nSPS) is 12.8. The highest BCUT2D eigenvalue weighted by molar-refractivity contribution is 5.73. The van der Waals surface area contributed by atoms with Gasteiger partial charge in [0.1, 0.15) is 17.7 Å². The number of likely N-dealkylation sites (N-methyl/N-ethyl adjacent to an activating group) is 1. The Morgan fingerprint density at radius 2 is 2.06 bits per heavy atom. The summed E-state index contributed by atoms with van der Waals surface area (Å²) < 4.78 is 25.9. The van der Waals surface area contributed by atoms with E-state index in [-0.39, 0.29) is 12.0 Å². The van der Waals surface area contributed by atoms with E-state index in [0.29, 0.717) is 0 Å². The lowest BCUT2D eigenvalue weighted by atomic mass is 10.0. The lowest BCUT2D eigenvalue weighted by Crippen LogP contribution is -2.37. The van der Waals surface area contributed by atoms with Crippen LogP contribution in [0.4, 0.5) is 8.78 Å². The first-order chi connectivity index (χ1) is 7.41. The number of hydrogen-bond donors (Lipinski definition) is 1. The van der Waals surface area contributed by atoms with Gasteiger partial charge in [0.2, 0.25) is 0 Å². The lowest BCUT2D eigenvalue weighted by molar-refractivity contribution is -0.142. The fraction of sp³-hybridized carbons (Fsp3) is 0.364. The van der Waals surface area contributed by atoms with Gasteiger partial charge in [0.05, 0.1) is 0 Å². The lowest BCUT2D eigenvalue weighted by Gasteiger charge is -2.20. The van der Waals surface area contributed by atoms with Gasteiger partial charge in [-0.25, -0.2) is 8.78 Å². The number of aliphatic carboxylic acids is 1. The van der Waals surface area contributed by atoms with Crippen LogP contribution in [0.5, 0.6) is 0 Å². The van der Waals surface area contributed by atoms with Gasteiger partial charge in [-0.05, 0) is 25.7 Å². The first-order valence-corrected chi connectivity index (χ1v) is 4.75. The van der Waals surface area contributed by atoms with Gasteiger partial charge in [-0.15, -0.1) is 0 Å². The summed E-state index contributed by atoms with van der Waals surface area (Å²) in [6.07, 6.45) is 0.00838. The molecule has 0 spiro atoms. The second kappa shape index (κ2) is 5.03. The number of carboxylic acid groups (broad SMARTS) is 1. The zero-order chi connectivity index (χ0) is 12.3. The van der Waals surface area contributed by atoms with Gasteiger partial charge in [0.25, 0.3) is 0 Å². The Morgan fingerprint density at radius 3 is 2.50 bits per heavy atom. The van der Waals surface area contributed by atoms with Crippen molar-refractivity contribution in [2.24, 2.45) is 0 Å².